The van der Waals surface area contributed by atoms with Gasteiger partial charge in [0, 0.05) is 24.6 Å². The minimum atomic E-state index is -0.0487. The molecule has 27 heavy (non-hydrogen) atoms. The zero-order valence-corrected chi connectivity index (χ0v) is 16.6. The highest BCUT2D eigenvalue weighted by Crippen LogP contribution is 2.25. The van der Waals surface area contributed by atoms with Gasteiger partial charge in [-0.05, 0) is 54.8 Å². The predicted octanol–water partition coefficient (Wildman–Crippen LogP) is 4.67. The van der Waals surface area contributed by atoms with Gasteiger partial charge in [-0.15, -0.1) is 0 Å². The summed E-state index contributed by atoms with van der Waals surface area (Å²) in [6.45, 7) is 1.18. The number of carbonyl (C=O) groups excluding carboxylic acids is 2. The number of piperidine rings is 1. The molecule has 0 bridgehead atoms. The summed E-state index contributed by atoms with van der Waals surface area (Å²) in [7, 11) is 1.60. The van der Waals surface area contributed by atoms with E-state index in [1.807, 2.05) is 11.0 Å². The van der Waals surface area contributed by atoms with Crippen LogP contribution in [0.2, 0.25) is 10.0 Å². The molecule has 6 heteroatoms. The van der Waals surface area contributed by atoms with Crippen molar-refractivity contribution in [2.24, 2.45) is 5.92 Å². The number of carbonyl (C=O) groups is 2. The summed E-state index contributed by atoms with van der Waals surface area (Å²) in [6.07, 6.45) is 1.64. The summed E-state index contributed by atoms with van der Waals surface area (Å²) >= 11 is 11.9. The van der Waals surface area contributed by atoms with Gasteiger partial charge in [-0.25, -0.2) is 0 Å². The molecule has 1 aliphatic rings. The SMILES string of the molecule is COc1ccc(C(=O)C2CCN(C(=O)Cc3ccc(Cl)c(Cl)c3)CC2)cc1. The Bertz CT molecular complexity index is 828. The topological polar surface area (TPSA) is 46.6 Å². The monoisotopic (exact) mass is 405 g/mol. The zero-order valence-electron chi connectivity index (χ0n) is 15.1. The Labute approximate surface area is 169 Å². The van der Waals surface area contributed by atoms with Crippen molar-refractivity contribution >= 4 is 34.9 Å². The van der Waals surface area contributed by atoms with Crippen molar-refractivity contribution in [2.45, 2.75) is 19.3 Å². The Hall–Kier alpha value is -2.04. The summed E-state index contributed by atoms with van der Waals surface area (Å²) in [5.74, 6) is 0.861. The first-order valence-corrected chi connectivity index (χ1v) is 9.63. The summed E-state index contributed by atoms with van der Waals surface area (Å²) in [5, 5.41) is 0.927. The molecule has 0 N–H and O–H groups in total. The highest BCUT2D eigenvalue weighted by molar-refractivity contribution is 6.42. The number of likely N-dealkylation sites (tertiary alicyclic amines) is 1. The van der Waals surface area contributed by atoms with Gasteiger partial charge in [-0.1, -0.05) is 29.3 Å². The van der Waals surface area contributed by atoms with E-state index in [1.54, 1.807) is 43.5 Å². The van der Waals surface area contributed by atoms with Crippen LogP contribution in [0.5, 0.6) is 5.75 Å². The third-order valence-corrected chi connectivity index (χ3v) is 5.67. The highest BCUT2D eigenvalue weighted by Gasteiger charge is 2.28. The number of hydrogen-bond acceptors (Lipinski definition) is 3. The molecule has 0 atom stereocenters. The van der Waals surface area contributed by atoms with Crippen LogP contribution in [0, 0.1) is 5.92 Å². The van der Waals surface area contributed by atoms with Crippen LogP contribution in [0.25, 0.3) is 0 Å². The minimum absolute atomic E-state index is 0.0451. The third-order valence-electron chi connectivity index (χ3n) is 4.93. The van der Waals surface area contributed by atoms with Gasteiger partial charge in [0.25, 0.3) is 0 Å². The van der Waals surface area contributed by atoms with E-state index in [4.69, 9.17) is 27.9 Å². The van der Waals surface area contributed by atoms with Crippen LogP contribution in [0.15, 0.2) is 42.5 Å². The molecule has 1 saturated heterocycles. The minimum Gasteiger partial charge on any atom is -0.497 e. The van der Waals surface area contributed by atoms with E-state index in [0.29, 0.717) is 41.5 Å². The third kappa shape index (κ3) is 4.82. The van der Waals surface area contributed by atoms with Crippen LogP contribution >= 0.6 is 23.2 Å². The molecule has 4 nitrogen and oxygen atoms in total. The normalized spacial score (nSPS) is 14.9. The van der Waals surface area contributed by atoms with E-state index in [2.05, 4.69) is 0 Å². The quantitative estimate of drug-likeness (QED) is 0.679. The molecular weight excluding hydrogens is 385 g/mol. The maximum absolute atomic E-state index is 12.7. The molecule has 1 heterocycles. The number of methoxy groups -OCH3 is 1. The smallest absolute Gasteiger partial charge is 0.226 e. The van der Waals surface area contributed by atoms with Crippen molar-refractivity contribution in [3.8, 4) is 5.75 Å². The van der Waals surface area contributed by atoms with E-state index in [-0.39, 0.29) is 24.0 Å². The standard InChI is InChI=1S/C21H21Cl2NO3/c1-27-17-5-3-15(4-6-17)21(26)16-8-10-24(11-9-16)20(25)13-14-2-7-18(22)19(23)12-14/h2-7,12,16H,8-11,13H2,1H3. The van der Waals surface area contributed by atoms with E-state index in [0.717, 1.165) is 11.3 Å². The van der Waals surface area contributed by atoms with Gasteiger partial charge in [-0.2, -0.15) is 0 Å². The molecule has 1 amide bonds. The largest absolute Gasteiger partial charge is 0.497 e. The molecule has 1 fully saturated rings. The van der Waals surface area contributed by atoms with Crippen LogP contribution in [0.4, 0.5) is 0 Å². The van der Waals surface area contributed by atoms with Gasteiger partial charge in [0.05, 0.1) is 23.6 Å². The summed E-state index contributed by atoms with van der Waals surface area (Å²) in [4.78, 5) is 27.0. The molecule has 0 radical (unpaired) electrons. The Morgan fingerprint density at radius 1 is 1.04 bits per heavy atom. The fourth-order valence-corrected chi connectivity index (χ4v) is 3.64. The Morgan fingerprint density at radius 3 is 2.30 bits per heavy atom. The number of ketones is 1. The fraction of sp³-hybridized carbons (Fsp3) is 0.333. The molecule has 0 saturated carbocycles. The lowest BCUT2D eigenvalue weighted by atomic mass is 9.88. The maximum Gasteiger partial charge on any atom is 0.226 e. The second-order valence-electron chi connectivity index (χ2n) is 6.67. The van der Waals surface area contributed by atoms with E-state index in [9.17, 15) is 9.59 Å². The van der Waals surface area contributed by atoms with E-state index >= 15 is 0 Å². The van der Waals surface area contributed by atoms with Crippen molar-refractivity contribution in [3.05, 3.63) is 63.6 Å². The number of rotatable bonds is 5. The van der Waals surface area contributed by atoms with Gasteiger partial charge in [-0.3, -0.25) is 9.59 Å². The van der Waals surface area contributed by atoms with Crippen molar-refractivity contribution in [2.75, 3.05) is 20.2 Å². The number of halogens is 2. The van der Waals surface area contributed by atoms with Gasteiger partial charge in [0.2, 0.25) is 5.91 Å². The van der Waals surface area contributed by atoms with Crippen molar-refractivity contribution in [3.63, 3.8) is 0 Å². The number of ether oxygens (including phenoxy) is 1. The number of benzene rings is 2. The van der Waals surface area contributed by atoms with Gasteiger partial charge in [0.15, 0.2) is 5.78 Å². The first kappa shape index (κ1) is 19.7. The van der Waals surface area contributed by atoms with Crippen LogP contribution < -0.4 is 4.74 Å². The van der Waals surface area contributed by atoms with E-state index < -0.39 is 0 Å². The Balaban J connectivity index is 1.55. The second-order valence-corrected chi connectivity index (χ2v) is 7.49. The summed E-state index contributed by atoms with van der Waals surface area (Å²) in [6, 6.07) is 12.4. The molecule has 2 aromatic carbocycles. The molecule has 0 spiro atoms. The van der Waals surface area contributed by atoms with Crippen molar-refractivity contribution in [1.82, 2.24) is 4.90 Å². The molecule has 2 aromatic rings. The zero-order chi connectivity index (χ0) is 19.4. The van der Waals surface area contributed by atoms with Crippen molar-refractivity contribution < 1.29 is 14.3 Å². The number of Topliss-reactive ketones (excluding diaryl/α,β-unsaturated/α-hetero) is 1. The lowest BCUT2D eigenvalue weighted by Crippen LogP contribution is -2.41. The average Bonchev–Trinajstić information content (AvgIpc) is 2.70. The molecule has 1 aliphatic heterocycles. The molecule has 3 rings (SSSR count). The fourth-order valence-electron chi connectivity index (χ4n) is 3.32. The highest BCUT2D eigenvalue weighted by atomic mass is 35.5. The van der Waals surface area contributed by atoms with Crippen LogP contribution in [0.1, 0.15) is 28.8 Å². The lowest BCUT2D eigenvalue weighted by Gasteiger charge is -2.31. The molecule has 0 aromatic heterocycles. The van der Waals surface area contributed by atoms with Crippen LogP contribution in [-0.2, 0) is 11.2 Å². The van der Waals surface area contributed by atoms with Gasteiger partial charge in [0.1, 0.15) is 5.75 Å². The predicted molar refractivity (Wildman–Crippen MR) is 107 cm³/mol. The first-order valence-electron chi connectivity index (χ1n) is 8.88. The van der Waals surface area contributed by atoms with Gasteiger partial charge >= 0.3 is 0 Å². The Morgan fingerprint density at radius 2 is 1.70 bits per heavy atom. The second kappa shape index (κ2) is 8.77. The number of amides is 1. The Kier molecular flexibility index (Phi) is 6.40. The number of nitrogens with zero attached hydrogens (tertiary/aromatic N) is 1. The molecular formula is C21H21Cl2NO3. The summed E-state index contributed by atoms with van der Waals surface area (Å²) in [5.41, 5.74) is 1.53. The molecule has 0 aliphatic carbocycles. The number of hydrogen-bond donors (Lipinski definition) is 0. The molecule has 142 valence electrons. The maximum atomic E-state index is 12.7. The van der Waals surface area contributed by atoms with E-state index in [1.165, 1.54) is 0 Å². The summed E-state index contributed by atoms with van der Waals surface area (Å²) < 4.78 is 5.13. The first-order chi connectivity index (χ1) is 13.0. The van der Waals surface area contributed by atoms with Crippen LogP contribution in [-0.4, -0.2) is 36.8 Å². The molecule has 0 unspecified atom stereocenters. The van der Waals surface area contributed by atoms with Crippen molar-refractivity contribution in [1.29, 1.82) is 0 Å². The average molecular weight is 406 g/mol. The van der Waals surface area contributed by atoms with Crippen LogP contribution in [0.3, 0.4) is 0 Å². The lowest BCUT2D eigenvalue weighted by molar-refractivity contribution is -0.131. The van der Waals surface area contributed by atoms with Gasteiger partial charge < -0.3 is 9.64 Å².